The summed E-state index contributed by atoms with van der Waals surface area (Å²) in [4.78, 5) is 50.9. The molecule has 3 aromatic rings. The highest BCUT2D eigenvalue weighted by Gasteiger charge is 2.59. The predicted molar refractivity (Wildman–Crippen MR) is 148 cm³/mol. The lowest BCUT2D eigenvalue weighted by atomic mass is 9.83. The first-order chi connectivity index (χ1) is 19.4. The molecule has 9 nitrogen and oxygen atoms in total. The van der Waals surface area contributed by atoms with Gasteiger partial charge in [0.25, 0.3) is 0 Å². The number of aryl methyl sites for hydroxylation is 2. The average Bonchev–Trinajstić information content (AvgIpc) is 3.62. The van der Waals surface area contributed by atoms with Crippen LogP contribution in [0, 0.1) is 5.92 Å². The molecule has 2 aromatic carbocycles. The largest absolute Gasteiger partial charge is 0.459 e. The van der Waals surface area contributed by atoms with Gasteiger partial charge in [0.05, 0.1) is 24.1 Å². The monoisotopic (exact) mass is 544 g/mol. The third-order valence-corrected chi connectivity index (χ3v) is 7.83. The van der Waals surface area contributed by atoms with Crippen molar-refractivity contribution in [3.8, 4) is 0 Å². The molecule has 3 unspecified atom stereocenters. The normalized spacial score (nSPS) is 21.4. The number of H-pyrrole nitrogens is 1. The second kappa shape index (κ2) is 11.9. The van der Waals surface area contributed by atoms with Gasteiger partial charge in [-0.1, -0.05) is 75.4 Å². The SMILES string of the molecule is CCc1cccc(COC(=O)C(C(C)C)N2C(=O)C(N3C(=O)OC[C@H]3c3ccccc3)C2CCc2c[nH]cn2)c1. The van der Waals surface area contributed by atoms with E-state index in [0.29, 0.717) is 12.8 Å². The zero-order chi connectivity index (χ0) is 28.2. The summed E-state index contributed by atoms with van der Waals surface area (Å²) in [6, 6.07) is 15.2. The minimum Gasteiger partial charge on any atom is -0.459 e. The third kappa shape index (κ3) is 5.46. The molecular formula is C31H36N4O5. The maximum absolute atomic E-state index is 13.9. The van der Waals surface area contributed by atoms with Crippen LogP contribution in [-0.4, -0.2) is 62.5 Å². The second-order valence-electron chi connectivity index (χ2n) is 10.7. The van der Waals surface area contributed by atoms with Gasteiger partial charge in [0.2, 0.25) is 5.91 Å². The van der Waals surface area contributed by atoms with Crippen LogP contribution in [-0.2, 0) is 38.5 Å². The summed E-state index contributed by atoms with van der Waals surface area (Å²) in [6.07, 6.45) is 4.91. The lowest BCUT2D eigenvalue weighted by molar-refractivity contribution is -0.177. The van der Waals surface area contributed by atoms with Crippen molar-refractivity contribution >= 4 is 18.0 Å². The van der Waals surface area contributed by atoms with Gasteiger partial charge in [0, 0.05) is 6.20 Å². The van der Waals surface area contributed by atoms with Crippen LogP contribution < -0.4 is 0 Å². The zero-order valence-corrected chi connectivity index (χ0v) is 23.2. The number of nitrogens with zero attached hydrogens (tertiary/aromatic N) is 3. The van der Waals surface area contributed by atoms with Crippen molar-refractivity contribution in [3.63, 3.8) is 0 Å². The van der Waals surface area contributed by atoms with Gasteiger partial charge in [-0.25, -0.2) is 14.6 Å². The number of aromatic amines is 1. The predicted octanol–water partition coefficient (Wildman–Crippen LogP) is 4.45. The lowest BCUT2D eigenvalue weighted by Crippen LogP contribution is -2.75. The van der Waals surface area contributed by atoms with E-state index in [2.05, 4.69) is 16.9 Å². The number of ether oxygens (including phenoxy) is 2. The number of rotatable bonds is 11. The van der Waals surface area contributed by atoms with Crippen molar-refractivity contribution in [1.29, 1.82) is 0 Å². The number of carbonyl (C=O) groups is 3. The Morgan fingerprint density at radius 2 is 1.90 bits per heavy atom. The van der Waals surface area contributed by atoms with Crippen molar-refractivity contribution in [2.24, 2.45) is 5.92 Å². The third-order valence-electron chi connectivity index (χ3n) is 7.83. The maximum atomic E-state index is 13.9. The number of esters is 1. The van der Waals surface area contributed by atoms with E-state index in [1.54, 1.807) is 16.1 Å². The van der Waals surface area contributed by atoms with E-state index in [1.807, 2.05) is 74.6 Å². The van der Waals surface area contributed by atoms with E-state index >= 15 is 0 Å². The molecule has 2 aliphatic rings. The zero-order valence-electron chi connectivity index (χ0n) is 23.2. The first-order valence-electron chi connectivity index (χ1n) is 13.9. The minimum atomic E-state index is -0.781. The fourth-order valence-corrected chi connectivity index (χ4v) is 5.78. The highest BCUT2D eigenvalue weighted by molar-refractivity contribution is 5.96. The van der Waals surface area contributed by atoms with Gasteiger partial charge in [0.1, 0.15) is 25.3 Å². The number of hydrogen-bond acceptors (Lipinski definition) is 6. The molecule has 2 saturated heterocycles. The van der Waals surface area contributed by atoms with Gasteiger partial charge in [-0.2, -0.15) is 0 Å². The Hall–Kier alpha value is -4.14. The van der Waals surface area contributed by atoms with Crippen molar-refractivity contribution in [3.05, 3.63) is 89.5 Å². The molecule has 2 amide bonds. The number of amides is 2. The fraction of sp³-hybridized carbons (Fsp3) is 0.419. The molecule has 1 aromatic heterocycles. The van der Waals surface area contributed by atoms with Crippen LogP contribution in [0.2, 0.25) is 0 Å². The molecule has 2 fully saturated rings. The quantitative estimate of drug-likeness (QED) is 0.283. The van der Waals surface area contributed by atoms with E-state index in [-0.39, 0.29) is 31.1 Å². The van der Waals surface area contributed by atoms with Crippen molar-refractivity contribution in [1.82, 2.24) is 19.8 Å². The van der Waals surface area contributed by atoms with Gasteiger partial charge < -0.3 is 19.4 Å². The molecule has 5 rings (SSSR count). The first kappa shape index (κ1) is 27.4. The summed E-state index contributed by atoms with van der Waals surface area (Å²) in [5.41, 5.74) is 3.82. The Morgan fingerprint density at radius 3 is 2.60 bits per heavy atom. The summed E-state index contributed by atoms with van der Waals surface area (Å²) in [5.74, 6) is -0.907. The van der Waals surface area contributed by atoms with Crippen molar-refractivity contribution in [2.45, 2.75) is 70.8 Å². The highest BCUT2D eigenvalue weighted by Crippen LogP contribution is 2.40. The summed E-state index contributed by atoms with van der Waals surface area (Å²) >= 11 is 0. The van der Waals surface area contributed by atoms with Gasteiger partial charge in [-0.15, -0.1) is 0 Å². The molecule has 3 heterocycles. The second-order valence-corrected chi connectivity index (χ2v) is 10.7. The molecule has 4 atom stereocenters. The summed E-state index contributed by atoms with van der Waals surface area (Å²) in [7, 11) is 0. The van der Waals surface area contributed by atoms with Gasteiger partial charge in [0.15, 0.2) is 0 Å². The van der Waals surface area contributed by atoms with Crippen molar-refractivity contribution < 1.29 is 23.9 Å². The Bertz CT molecular complexity index is 1330. The lowest BCUT2D eigenvalue weighted by Gasteiger charge is -2.54. The number of aromatic nitrogens is 2. The van der Waals surface area contributed by atoms with E-state index in [1.165, 1.54) is 5.56 Å². The van der Waals surface area contributed by atoms with E-state index < -0.39 is 30.2 Å². The smallest absolute Gasteiger partial charge is 0.411 e. The Labute approximate surface area is 234 Å². The van der Waals surface area contributed by atoms with Crippen LogP contribution in [0.1, 0.15) is 55.6 Å². The van der Waals surface area contributed by atoms with E-state index in [4.69, 9.17) is 9.47 Å². The number of benzene rings is 2. The summed E-state index contributed by atoms with van der Waals surface area (Å²) in [6.45, 7) is 6.20. The van der Waals surface area contributed by atoms with Gasteiger partial charge >= 0.3 is 12.1 Å². The Balaban J connectivity index is 1.39. The van der Waals surface area contributed by atoms with Gasteiger partial charge in [-0.05, 0) is 41.9 Å². The molecule has 1 N–H and O–H groups in total. The van der Waals surface area contributed by atoms with Crippen LogP contribution in [0.3, 0.4) is 0 Å². The molecule has 0 spiro atoms. The number of nitrogens with one attached hydrogen (secondary N) is 1. The summed E-state index contributed by atoms with van der Waals surface area (Å²) in [5, 5.41) is 0. The maximum Gasteiger partial charge on any atom is 0.411 e. The van der Waals surface area contributed by atoms with E-state index in [0.717, 1.165) is 23.2 Å². The molecule has 0 bridgehead atoms. The number of β-lactam (4-membered cyclic amide) rings is 1. The van der Waals surface area contributed by atoms with Crippen LogP contribution in [0.5, 0.6) is 0 Å². The van der Waals surface area contributed by atoms with Crippen LogP contribution in [0.15, 0.2) is 67.1 Å². The molecule has 2 aliphatic heterocycles. The van der Waals surface area contributed by atoms with E-state index in [9.17, 15) is 14.4 Å². The first-order valence-corrected chi connectivity index (χ1v) is 13.9. The fourth-order valence-electron chi connectivity index (χ4n) is 5.78. The Morgan fingerprint density at radius 1 is 1.12 bits per heavy atom. The number of carbonyl (C=O) groups excluding carboxylic acids is 3. The average molecular weight is 545 g/mol. The topological polar surface area (TPSA) is 105 Å². The molecule has 9 heteroatoms. The van der Waals surface area contributed by atoms with Crippen LogP contribution in [0.4, 0.5) is 4.79 Å². The molecule has 0 saturated carbocycles. The molecule has 0 radical (unpaired) electrons. The molecule has 210 valence electrons. The number of imidazole rings is 1. The highest BCUT2D eigenvalue weighted by atomic mass is 16.6. The number of hydrogen-bond donors (Lipinski definition) is 1. The van der Waals surface area contributed by atoms with Crippen molar-refractivity contribution in [2.75, 3.05) is 6.61 Å². The van der Waals surface area contributed by atoms with Gasteiger partial charge in [-0.3, -0.25) is 9.69 Å². The van der Waals surface area contributed by atoms with Crippen LogP contribution in [0.25, 0.3) is 0 Å². The summed E-state index contributed by atoms with van der Waals surface area (Å²) < 4.78 is 11.2. The Kier molecular flexibility index (Phi) is 8.19. The minimum absolute atomic E-state index is 0.133. The standard InChI is InChI=1S/C31H36N4O5/c1-4-21-9-8-10-22(15-21)17-39-30(37)27(20(2)3)34-25(14-13-24-16-32-19-33-24)28(29(34)36)35-26(18-40-31(35)38)23-11-6-5-7-12-23/h5-12,15-16,19-20,25-28H,4,13-14,17-18H2,1-3H3,(H,32,33)/t25?,26-,27?,28?/m0/s1. The number of likely N-dealkylation sites (tertiary alicyclic amines) is 1. The van der Waals surface area contributed by atoms with Crippen LogP contribution >= 0.6 is 0 Å². The molecule has 0 aliphatic carbocycles. The molecule has 40 heavy (non-hydrogen) atoms. The number of cyclic esters (lactones) is 1. The molecular weight excluding hydrogens is 508 g/mol.